The first kappa shape index (κ1) is 15.6. The van der Waals surface area contributed by atoms with Gasteiger partial charge in [0.1, 0.15) is 5.75 Å². The Balaban J connectivity index is 1.65. The number of ether oxygens (including phenoxy) is 1. The molecule has 0 aliphatic carbocycles. The van der Waals surface area contributed by atoms with Gasteiger partial charge in [0.15, 0.2) is 12.2 Å². The highest BCUT2D eigenvalue weighted by atomic mass is 16.5. The van der Waals surface area contributed by atoms with Gasteiger partial charge in [0.2, 0.25) is 5.91 Å². The number of rotatable bonds is 6. The van der Waals surface area contributed by atoms with E-state index < -0.39 is 0 Å². The lowest BCUT2D eigenvalue weighted by molar-refractivity contribution is -0.114. The minimum absolute atomic E-state index is 0.145. The number of aromatic nitrogens is 1. The van der Waals surface area contributed by atoms with Crippen molar-refractivity contribution in [2.24, 2.45) is 0 Å². The number of nitrogens with one attached hydrogen (secondary N) is 2. The standard InChI is InChI=1S/C18H17N3O3/c1-23-16-9-14(7-8-15(16)17-10-19-12-24-17)21-18(22)11-20-13-5-3-2-4-6-13/h2-10,12,20H,11H2,1H3,(H,21,22). The van der Waals surface area contributed by atoms with E-state index in [2.05, 4.69) is 15.6 Å². The van der Waals surface area contributed by atoms with Crippen molar-refractivity contribution in [1.29, 1.82) is 0 Å². The van der Waals surface area contributed by atoms with E-state index in [1.807, 2.05) is 36.4 Å². The first-order chi connectivity index (χ1) is 11.8. The van der Waals surface area contributed by atoms with Crippen molar-refractivity contribution in [1.82, 2.24) is 4.98 Å². The fourth-order valence-corrected chi connectivity index (χ4v) is 2.26. The molecule has 0 atom stereocenters. The summed E-state index contributed by atoms with van der Waals surface area (Å²) < 4.78 is 10.6. The van der Waals surface area contributed by atoms with Gasteiger partial charge in [-0.25, -0.2) is 4.98 Å². The molecule has 122 valence electrons. The Hall–Kier alpha value is -3.28. The Kier molecular flexibility index (Phi) is 4.76. The average molecular weight is 323 g/mol. The van der Waals surface area contributed by atoms with Gasteiger partial charge in [0.05, 0.1) is 25.4 Å². The number of hydrogen-bond donors (Lipinski definition) is 2. The normalized spacial score (nSPS) is 10.2. The summed E-state index contributed by atoms with van der Waals surface area (Å²) in [6, 6.07) is 14.9. The summed E-state index contributed by atoms with van der Waals surface area (Å²) in [5.74, 6) is 1.06. The number of para-hydroxylation sites is 1. The van der Waals surface area contributed by atoms with E-state index in [0.29, 0.717) is 17.2 Å². The molecular weight excluding hydrogens is 306 g/mol. The molecular formula is C18H17N3O3. The zero-order valence-corrected chi connectivity index (χ0v) is 13.2. The molecule has 3 aromatic rings. The number of methoxy groups -OCH3 is 1. The number of carbonyl (C=O) groups is 1. The van der Waals surface area contributed by atoms with Crippen LogP contribution in [0, 0.1) is 0 Å². The minimum atomic E-state index is -0.145. The third-order valence-corrected chi connectivity index (χ3v) is 3.41. The highest BCUT2D eigenvalue weighted by Crippen LogP contribution is 2.32. The molecule has 0 spiro atoms. The van der Waals surface area contributed by atoms with Crippen molar-refractivity contribution in [3.63, 3.8) is 0 Å². The quantitative estimate of drug-likeness (QED) is 0.727. The molecule has 0 saturated carbocycles. The molecule has 1 aromatic heterocycles. The van der Waals surface area contributed by atoms with Crippen molar-refractivity contribution >= 4 is 17.3 Å². The van der Waals surface area contributed by atoms with E-state index in [-0.39, 0.29) is 12.5 Å². The molecule has 2 N–H and O–H groups in total. The molecule has 1 amide bonds. The van der Waals surface area contributed by atoms with Gasteiger partial charge >= 0.3 is 0 Å². The zero-order valence-electron chi connectivity index (χ0n) is 13.2. The maximum atomic E-state index is 12.1. The minimum Gasteiger partial charge on any atom is -0.496 e. The topological polar surface area (TPSA) is 76.4 Å². The first-order valence-corrected chi connectivity index (χ1v) is 7.42. The van der Waals surface area contributed by atoms with Crippen LogP contribution in [0.3, 0.4) is 0 Å². The van der Waals surface area contributed by atoms with Crippen molar-refractivity contribution in [2.75, 3.05) is 24.3 Å². The second-order valence-corrected chi connectivity index (χ2v) is 5.05. The van der Waals surface area contributed by atoms with Gasteiger partial charge in [0, 0.05) is 17.4 Å². The van der Waals surface area contributed by atoms with Crippen molar-refractivity contribution in [3.8, 4) is 17.1 Å². The lowest BCUT2D eigenvalue weighted by Gasteiger charge is -2.11. The van der Waals surface area contributed by atoms with Gasteiger partial charge in [-0.1, -0.05) is 18.2 Å². The molecule has 0 fully saturated rings. The number of benzene rings is 2. The summed E-state index contributed by atoms with van der Waals surface area (Å²) in [7, 11) is 1.57. The zero-order chi connectivity index (χ0) is 16.8. The molecule has 0 aliphatic heterocycles. The summed E-state index contributed by atoms with van der Waals surface area (Å²) in [4.78, 5) is 16.0. The lowest BCUT2D eigenvalue weighted by atomic mass is 10.1. The van der Waals surface area contributed by atoms with E-state index in [1.54, 1.807) is 25.4 Å². The smallest absolute Gasteiger partial charge is 0.243 e. The number of hydrogen-bond acceptors (Lipinski definition) is 5. The molecule has 6 heteroatoms. The van der Waals surface area contributed by atoms with Crippen LogP contribution in [0.4, 0.5) is 11.4 Å². The number of amides is 1. The molecule has 24 heavy (non-hydrogen) atoms. The van der Waals surface area contributed by atoms with Crippen LogP contribution in [-0.4, -0.2) is 24.5 Å². The second kappa shape index (κ2) is 7.32. The van der Waals surface area contributed by atoms with Gasteiger partial charge in [0.25, 0.3) is 0 Å². The molecule has 2 aromatic carbocycles. The maximum absolute atomic E-state index is 12.1. The molecule has 0 radical (unpaired) electrons. The van der Waals surface area contributed by atoms with Gasteiger partial charge in [-0.3, -0.25) is 4.79 Å². The van der Waals surface area contributed by atoms with Crippen LogP contribution in [0.2, 0.25) is 0 Å². The van der Waals surface area contributed by atoms with Crippen molar-refractivity contribution < 1.29 is 13.9 Å². The van der Waals surface area contributed by atoms with E-state index in [0.717, 1.165) is 11.3 Å². The largest absolute Gasteiger partial charge is 0.496 e. The van der Waals surface area contributed by atoms with Gasteiger partial charge < -0.3 is 19.8 Å². The summed E-state index contributed by atoms with van der Waals surface area (Å²) in [6.45, 7) is 0.177. The van der Waals surface area contributed by atoms with Crippen LogP contribution in [0.5, 0.6) is 5.75 Å². The molecule has 0 aliphatic rings. The lowest BCUT2D eigenvalue weighted by Crippen LogP contribution is -2.21. The monoisotopic (exact) mass is 323 g/mol. The summed E-state index contributed by atoms with van der Waals surface area (Å²) in [5.41, 5.74) is 2.32. The predicted molar refractivity (Wildman–Crippen MR) is 92.1 cm³/mol. The van der Waals surface area contributed by atoms with Crippen LogP contribution in [0.25, 0.3) is 11.3 Å². The third-order valence-electron chi connectivity index (χ3n) is 3.41. The molecule has 1 heterocycles. The molecule has 0 saturated heterocycles. The van der Waals surface area contributed by atoms with Crippen molar-refractivity contribution in [3.05, 3.63) is 61.1 Å². The van der Waals surface area contributed by atoms with Gasteiger partial charge in [-0.15, -0.1) is 0 Å². The second-order valence-electron chi connectivity index (χ2n) is 5.05. The van der Waals surface area contributed by atoms with Crippen LogP contribution in [0.1, 0.15) is 0 Å². The SMILES string of the molecule is COc1cc(NC(=O)CNc2ccccc2)ccc1-c1cnco1. The summed E-state index contributed by atoms with van der Waals surface area (Å²) in [5, 5.41) is 5.89. The van der Waals surface area contributed by atoms with E-state index in [9.17, 15) is 4.79 Å². The first-order valence-electron chi connectivity index (χ1n) is 7.42. The molecule has 6 nitrogen and oxygen atoms in total. The van der Waals surface area contributed by atoms with Crippen LogP contribution in [-0.2, 0) is 4.79 Å². The Bertz CT molecular complexity index is 802. The highest BCUT2D eigenvalue weighted by Gasteiger charge is 2.11. The molecule has 0 bridgehead atoms. The predicted octanol–water partition coefficient (Wildman–Crippen LogP) is 3.40. The van der Waals surface area contributed by atoms with E-state index in [4.69, 9.17) is 9.15 Å². The van der Waals surface area contributed by atoms with Gasteiger partial charge in [-0.2, -0.15) is 0 Å². The van der Waals surface area contributed by atoms with Crippen LogP contribution >= 0.6 is 0 Å². The Morgan fingerprint density at radius 3 is 2.71 bits per heavy atom. The maximum Gasteiger partial charge on any atom is 0.243 e. The fraction of sp³-hybridized carbons (Fsp3) is 0.111. The highest BCUT2D eigenvalue weighted by molar-refractivity contribution is 5.94. The Labute approximate surface area is 139 Å². The van der Waals surface area contributed by atoms with Gasteiger partial charge in [-0.05, 0) is 24.3 Å². The third kappa shape index (κ3) is 3.73. The Morgan fingerprint density at radius 1 is 1.17 bits per heavy atom. The van der Waals surface area contributed by atoms with Crippen LogP contribution in [0.15, 0.2) is 65.5 Å². The fourth-order valence-electron chi connectivity index (χ4n) is 2.26. The summed E-state index contributed by atoms with van der Waals surface area (Å²) in [6.07, 6.45) is 2.97. The average Bonchev–Trinajstić information content (AvgIpc) is 3.15. The number of anilines is 2. The number of carbonyl (C=O) groups excluding carboxylic acids is 1. The molecule has 0 unspecified atom stereocenters. The van der Waals surface area contributed by atoms with E-state index in [1.165, 1.54) is 6.39 Å². The van der Waals surface area contributed by atoms with Crippen molar-refractivity contribution in [2.45, 2.75) is 0 Å². The number of nitrogens with zero attached hydrogens (tertiary/aromatic N) is 1. The number of oxazole rings is 1. The molecule has 3 rings (SSSR count). The summed E-state index contributed by atoms with van der Waals surface area (Å²) >= 11 is 0. The Morgan fingerprint density at radius 2 is 2.00 bits per heavy atom. The van der Waals surface area contributed by atoms with Crippen LogP contribution < -0.4 is 15.4 Å². The van der Waals surface area contributed by atoms with E-state index >= 15 is 0 Å².